The minimum Gasteiger partial charge on any atom is -0.444 e. The fourth-order valence-electron chi connectivity index (χ4n) is 2.31. The fraction of sp³-hybridized carbons (Fsp3) is 0.529. The van der Waals surface area contributed by atoms with E-state index in [1.165, 1.54) is 12.1 Å². The second-order valence-electron chi connectivity index (χ2n) is 6.76. The van der Waals surface area contributed by atoms with Gasteiger partial charge in [0, 0.05) is 26.2 Å². The Morgan fingerprint density at radius 3 is 2.20 bits per heavy atom. The van der Waals surface area contributed by atoms with Crippen molar-refractivity contribution in [3.63, 3.8) is 0 Å². The van der Waals surface area contributed by atoms with Gasteiger partial charge in [0.05, 0.1) is 6.54 Å². The van der Waals surface area contributed by atoms with E-state index in [0.717, 1.165) is 5.56 Å². The summed E-state index contributed by atoms with van der Waals surface area (Å²) in [6.07, 6.45) is -0.302. The minimum absolute atomic E-state index is 0. The van der Waals surface area contributed by atoms with Crippen LogP contribution < -0.4 is 5.73 Å². The zero-order valence-corrected chi connectivity index (χ0v) is 17.2. The SMILES string of the molecule is CC(C)(C)OC(=O)N1CCN(C(N)=NCc2ccc(F)cc2)CC1.I. The summed E-state index contributed by atoms with van der Waals surface area (Å²) in [7, 11) is 0. The number of hydrogen-bond acceptors (Lipinski definition) is 3. The van der Waals surface area contributed by atoms with E-state index in [1.54, 1.807) is 17.0 Å². The Bertz CT molecular complexity index is 594. The van der Waals surface area contributed by atoms with Crippen molar-refractivity contribution < 1.29 is 13.9 Å². The van der Waals surface area contributed by atoms with Crippen LogP contribution in [0.3, 0.4) is 0 Å². The highest BCUT2D eigenvalue weighted by Gasteiger charge is 2.26. The molecule has 1 saturated heterocycles. The summed E-state index contributed by atoms with van der Waals surface area (Å²) in [6, 6.07) is 6.18. The highest BCUT2D eigenvalue weighted by atomic mass is 127. The number of rotatable bonds is 2. The van der Waals surface area contributed by atoms with Crippen molar-refractivity contribution in [2.24, 2.45) is 10.7 Å². The van der Waals surface area contributed by atoms with E-state index in [-0.39, 0.29) is 35.9 Å². The lowest BCUT2D eigenvalue weighted by Gasteiger charge is -2.36. The molecule has 1 aromatic carbocycles. The van der Waals surface area contributed by atoms with Crippen LogP contribution in [0.4, 0.5) is 9.18 Å². The second kappa shape index (κ2) is 9.21. The number of benzene rings is 1. The van der Waals surface area contributed by atoms with E-state index < -0.39 is 5.60 Å². The zero-order chi connectivity index (χ0) is 17.7. The molecule has 1 amide bonds. The minimum atomic E-state index is -0.496. The normalized spacial score (nSPS) is 15.6. The standard InChI is InChI=1S/C17H25FN4O2.HI/c1-17(2,3)24-16(23)22-10-8-21(9-11-22)15(19)20-12-13-4-6-14(18)7-5-13;/h4-7H,8-12H2,1-3H3,(H2,19,20);1H. The van der Waals surface area contributed by atoms with Crippen molar-refractivity contribution >= 4 is 36.0 Å². The Balaban J connectivity index is 0.00000312. The summed E-state index contributed by atoms with van der Waals surface area (Å²) in [6.45, 7) is 8.25. The van der Waals surface area contributed by atoms with Crippen molar-refractivity contribution in [3.8, 4) is 0 Å². The first-order valence-electron chi connectivity index (χ1n) is 8.02. The first-order valence-corrected chi connectivity index (χ1v) is 8.02. The third-order valence-electron chi connectivity index (χ3n) is 3.59. The van der Waals surface area contributed by atoms with E-state index in [9.17, 15) is 9.18 Å². The molecule has 2 rings (SSSR count). The number of amides is 1. The lowest BCUT2D eigenvalue weighted by molar-refractivity contribution is 0.0186. The molecule has 0 aromatic heterocycles. The second-order valence-corrected chi connectivity index (χ2v) is 6.76. The van der Waals surface area contributed by atoms with Crippen LogP contribution in [-0.2, 0) is 11.3 Å². The quantitative estimate of drug-likeness (QED) is 0.415. The number of carbonyl (C=O) groups excluding carboxylic acids is 1. The number of piperazine rings is 1. The van der Waals surface area contributed by atoms with Crippen molar-refractivity contribution in [1.82, 2.24) is 9.80 Å². The van der Waals surface area contributed by atoms with E-state index in [4.69, 9.17) is 10.5 Å². The number of hydrogen-bond donors (Lipinski definition) is 1. The summed E-state index contributed by atoms with van der Waals surface area (Å²) < 4.78 is 18.2. The van der Waals surface area contributed by atoms with Gasteiger partial charge in [0.1, 0.15) is 11.4 Å². The average Bonchev–Trinajstić information content (AvgIpc) is 2.52. The fourth-order valence-corrected chi connectivity index (χ4v) is 2.31. The molecule has 0 bridgehead atoms. The van der Waals surface area contributed by atoms with Gasteiger partial charge in [-0.05, 0) is 38.5 Å². The first-order chi connectivity index (χ1) is 11.2. The van der Waals surface area contributed by atoms with E-state index in [1.807, 2.05) is 25.7 Å². The van der Waals surface area contributed by atoms with Gasteiger partial charge in [0.25, 0.3) is 0 Å². The molecule has 1 aliphatic heterocycles. The molecule has 0 saturated carbocycles. The van der Waals surface area contributed by atoms with Gasteiger partial charge in [-0.1, -0.05) is 12.1 Å². The van der Waals surface area contributed by atoms with Gasteiger partial charge in [-0.25, -0.2) is 14.2 Å². The smallest absolute Gasteiger partial charge is 0.410 e. The summed E-state index contributed by atoms with van der Waals surface area (Å²) in [4.78, 5) is 20.0. The monoisotopic (exact) mass is 464 g/mol. The van der Waals surface area contributed by atoms with Crippen LogP contribution in [-0.4, -0.2) is 53.6 Å². The van der Waals surface area contributed by atoms with Gasteiger partial charge in [-0.2, -0.15) is 0 Å². The number of halogens is 2. The molecule has 0 atom stereocenters. The highest BCUT2D eigenvalue weighted by molar-refractivity contribution is 14.0. The van der Waals surface area contributed by atoms with Crippen molar-refractivity contribution in [2.45, 2.75) is 32.9 Å². The Hall–Kier alpha value is -1.58. The number of ether oxygens (including phenoxy) is 1. The lowest BCUT2D eigenvalue weighted by Crippen LogP contribution is -2.53. The van der Waals surface area contributed by atoms with Crippen molar-refractivity contribution in [3.05, 3.63) is 35.6 Å². The number of aliphatic imine (C=N–C) groups is 1. The van der Waals surface area contributed by atoms with Gasteiger partial charge >= 0.3 is 6.09 Å². The van der Waals surface area contributed by atoms with Gasteiger partial charge in [-0.3, -0.25) is 0 Å². The molecular weight excluding hydrogens is 438 g/mol. The van der Waals surface area contributed by atoms with Crippen LogP contribution in [0.2, 0.25) is 0 Å². The molecule has 6 nitrogen and oxygen atoms in total. The average molecular weight is 464 g/mol. The molecular formula is C17H26FIN4O2. The predicted molar refractivity (Wildman–Crippen MR) is 107 cm³/mol. The van der Waals surface area contributed by atoms with E-state index >= 15 is 0 Å². The van der Waals surface area contributed by atoms with Gasteiger partial charge in [-0.15, -0.1) is 24.0 Å². The number of guanidine groups is 1. The molecule has 0 spiro atoms. The van der Waals surface area contributed by atoms with Gasteiger partial charge < -0.3 is 20.3 Å². The summed E-state index contributed by atoms with van der Waals surface area (Å²) in [5, 5.41) is 0. The molecule has 1 aromatic rings. The molecule has 1 heterocycles. The van der Waals surface area contributed by atoms with Crippen LogP contribution in [0.1, 0.15) is 26.3 Å². The number of carbonyl (C=O) groups is 1. The Labute approximate surface area is 165 Å². The van der Waals surface area contributed by atoms with E-state index in [0.29, 0.717) is 38.7 Å². The first kappa shape index (κ1) is 21.5. The summed E-state index contributed by atoms with van der Waals surface area (Å²) >= 11 is 0. The maximum Gasteiger partial charge on any atom is 0.410 e. The Morgan fingerprint density at radius 1 is 1.16 bits per heavy atom. The number of nitrogens with two attached hydrogens (primary N) is 1. The van der Waals surface area contributed by atoms with Crippen molar-refractivity contribution in [2.75, 3.05) is 26.2 Å². The molecule has 0 unspecified atom stereocenters. The van der Waals surface area contributed by atoms with E-state index in [2.05, 4.69) is 4.99 Å². The summed E-state index contributed by atoms with van der Waals surface area (Å²) in [5.74, 6) is 0.164. The third kappa shape index (κ3) is 7.05. The van der Waals surface area contributed by atoms with Gasteiger partial charge in [0.15, 0.2) is 5.96 Å². The molecule has 0 radical (unpaired) electrons. The molecule has 140 valence electrons. The molecule has 8 heteroatoms. The maximum atomic E-state index is 12.9. The largest absolute Gasteiger partial charge is 0.444 e. The molecule has 0 aliphatic carbocycles. The zero-order valence-electron chi connectivity index (χ0n) is 14.9. The third-order valence-corrected chi connectivity index (χ3v) is 3.59. The van der Waals surface area contributed by atoms with Crippen LogP contribution in [0.5, 0.6) is 0 Å². The topological polar surface area (TPSA) is 71.2 Å². The predicted octanol–water partition coefficient (Wildman–Crippen LogP) is 2.81. The highest BCUT2D eigenvalue weighted by Crippen LogP contribution is 2.12. The summed E-state index contributed by atoms with van der Waals surface area (Å²) in [5.41, 5.74) is 6.42. The van der Waals surface area contributed by atoms with Crippen LogP contribution in [0, 0.1) is 5.82 Å². The Morgan fingerprint density at radius 2 is 1.68 bits per heavy atom. The molecule has 25 heavy (non-hydrogen) atoms. The maximum absolute atomic E-state index is 12.9. The van der Waals surface area contributed by atoms with Crippen LogP contribution >= 0.6 is 24.0 Å². The molecule has 2 N–H and O–H groups in total. The van der Waals surface area contributed by atoms with Crippen LogP contribution in [0.25, 0.3) is 0 Å². The molecule has 1 aliphatic rings. The van der Waals surface area contributed by atoms with Gasteiger partial charge in [0.2, 0.25) is 0 Å². The Kier molecular flexibility index (Phi) is 7.91. The molecule has 1 fully saturated rings. The van der Waals surface area contributed by atoms with Crippen LogP contribution in [0.15, 0.2) is 29.3 Å². The number of nitrogens with zero attached hydrogens (tertiary/aromatic N) is 3. The van der Waals surface area contributed by atoms with Crippen molar-refractivity contribution in [1.29, 1.82) is 0 Å². The lowest BCUT2D eigenvalue weighted by atomic mass is 10.2.